The quantitative estimate of drug-likeness (QED) is 0.796. The monoisotopic (exact) mass is 318 g/mol. The summed E-state index contributed by atoms with van der Waals surface area (Å²) in [5, 5.41) is 5.07. The predicted molar refractivity (Wildman–Crippen MR) is 94.4 cm³/mol. The van der Waals surface area contributed by atoms with E-state index in [2.05, 4.69) is 16.4 Å². The smallest absolute Gasteiger partial charge is 0.232 e. The van der Waals surface area contributed by atoms with E-state index in [1.54, 1.807) is 19.5 Å². The Bertz CT molecular complexity index is 915. The van der Waals surface area contributed by atoms with Gasteiger partial charge in [0.2, 0.25) is 5.91 Å². The maximum absolute atomic E-state index is 12.9. The van der Waals surface area contributed by atoms with Crippen molar-refractivity contribution in [3.05, 3.63) is 66.0 Å². The molecule has 0 saturated carbocycles. The van der Waals surface area contributed by atoms with Gasteiger partial charge in [-0.3, -0.25) is 9.78 Å². The van der Waals surface area contributed by atoms with E-state index < -0.39 is 0 Å². The van der Waals surface area contributed by atoms with Crippen molar-refractivity contribution in [2.45, 2.75) is 18.8 Å². The van der Waals surface area contributed by atoms with Gasteiger partial charge in [-0.1, -0.05) is 36.4 Å². The summed E-state index contributed by atoms with van der Waals surface area (Å²) in [5.74, 6) is 0.604. The Labute approximate surface area is 140 Å². The Balaban J connectivity index is 1.67. The van der Waals surface area contributed by atoms with Crippen LogP contribution in [0.15, 0.2) is 54.9 Å². The number of anilines is 1. The summed E-state index contributed by atoms with van der Waals surface area (Å²) in [7, 11) is 1.65. The zero-order valence-corrected chi connectivity index (χ0v) is 13.5. The first kappa shape index (κ1) is 14.7. The maximum atomic E-state index is 12.9. The van der Waals surface area contributed by atoms with E-state index in [1.807, 2.05) is 36.4 Å². The van der Waals surface area contributed by atoms with Gasteiger partial charge in [0.25, 0.3) is 0 Å². The third-order valence-electron chi connectivity index (χ3n) is 4.67. The number of carbonyl (C=O) groups excluding carboxylic acids is 1. The van der Waals surface area contributed by atoms with Crippen molar-refractivity contribution in [1.82, 2.24) is 4.98 Å². The van der Waals surface area contributed by atoms with Gasteiger partial charge in [0.1, 0.15) is 5.75 Å². The predicted octanol–water partition coefficient (Wildman–Crippen LogP) is 3.91. The highest BCUT2D eigenvalue weighted by molar-refractivity contribution is 6.04. The molecule has 120 valence electrons. The molecule has 1 aliphatic carbocycles. The van der Waals surface area contributed by atoms with Gasteiger partial charge in [0, 0.05) is 22.5 Å². The molecule has 0 fully saturated rings. The van der Waals surface area contributed by atoms with Gasteiger partial charge in [0.15, 0.2) is 0 Å². The molecule has 0 spiro atoms. The van der Waals surface area contributed by atoms with Crippen LogP contribution in [0.2, 0.25) is 0 Å². The van der Waals surface area contributed by atoms with Crippen LogP contribution in [-0.2, 0) is 11.2 Å². The molecule has 4 rings (SSSR count). The molecule has 0 aliphatic heterocycles. The van der Waals surface area contributed by atoms with Gasteiger partial charge in [-0.15, -0.1) is 0 Å². The van der Waals surface area contributed by atoms with Crippen LogP contribution in [0.4, 0.5) is 5.69 Å². The van der Waals surface area contributed by atoms with Crippen LogP contribution in [0.3, 0.4) is 0 Å². The third-order valence-corrected chi connectivity index (χ3v) is 4.67. The molecule has 2 aromatic carbocycles. The van der Waals surface area contributed by atoms with Gasteiger partial charge >= 0.3 is 0 Å². The average Bonchev–Trinajstić information content (AvgIpc) is 3.06. The van der Waals surface area contributed by atoms with Crippen molar-refractivity contribution >= 4 is 22.4 Å². The first-order valence-corrected chi connectivity index (χ1v) is 8.07. The van der Waals surface area contributed by atoms with Gasteiger partial charge in [0.05, 0.1) is 24.9 Å². The summed E-state index contributed by atoms with van der Waals surface area (Å²) in [5.41, 5.74) is 2.97. The number of aromatic nitrogens is 1. The number of nitrogens with one attached hydrogen (secondary N) is 1. The number of rotatable bonds is 3. The fraction of sp³-hybridized carbons (Fsp3) is 0.200. The minimum absolute atomic E-state index is 0.00333. The topological polar surface area (TPSA) is 51.2 Å². The second kappa shape index (κ2) is 5.96. The zero-order chi connectivity index (χ0) is 16.5. The van der Waals surface area contributed by atoms with Crippen molar-refractivity contribution in [2.24, 2.45) is 0 Å². The second-order valence-electron chi connectivity index (χ2n) is 6.02. The van der Waals surface area contributed by atoms with E-state index in [0.717, 1.165) is 40.6 Å². The Kier molecular flexibility index (Phi) is 3.65. The largest absolute Gasteiger partial charge is 0.496 e. The molecule has 1 unspecified atom stereocenters. The summed E-state index contributed by atoms with van der Waals surface area (Å²) in [6.07, 6.45) is 5.22. The van der Waals surface area contributed by atoms with Crippen molar-refractivity contribution in [2.75, 3.05) is 12.4 Å². The Morgan fingerprint density at radius 1 is 1.17 bits per heavy atom. The molecular formula is C20H18N2O2. The zero-order valence-electron chi connectivity index (χ0n) is 13.5. The summed E-state index contributed by atoms with van der Waals surface area (Å²) in [4.78, 5) is 17.1. The standard InChI is InChI=1S/C20H18N2O2/c1-24-18-8-4-6-13-9-10-16(19(13)18)20(23)22-17-12-21-11-14-5-2-3-7-15(14)17/h2-8,11-12,16H,9-10H2,1H3,(H,22,23). The number of nitrogens with zero attached hydrogens (tertiary/aromatic N) is 1. The lowest BCUT2D eigenvalue weighted by Gasteiger charge is -2.16. The SMILES string of the molecule is COc1cccc2c1C(C(=O)Nc1cncc3ccccc13)CC2. The Hall–Kier alpha value is -2.88. The van der Waals surface area contributed by atoms with Gasteiger partial charge in [-0.2, -0.15) is 0 Å². The molecule has 1 aromatic heterocycles. The van der Waals surface area contributed by atoms with Crippen molar-refractivity contribution in [3.63, 3.8) is 0 Å². The van der Waals surface area contributed by atoms with Crippen LogP contribution in [-0.4, -0.2) is 18.0 Å². The van der Waals surface area contributed by atoms with Crippen LogP contribution in [0, 0.1) is 0 Å². The summed E-state index contributed by atoms with van der Waals surface area (Å²) < 4.78 is 5.47. The van der Waals surface area contributed by atoms with Gasteiger partial charge in [-0.25, -0.2) is 0 Å². The minimum Gasteiger partial charge on any atom is -0.496 e. The Morgan fingerprint density at radius 3 is 2.92 bits per heavy atom. The normalized spacial score (nSPS) is 16.0. The molecule has 1 N–H and O–H groups in total. The number of ether oxygens (including phenoxy) is 1. The van der Waals surface area contributed by atoms with E-state index in [0.29, 0.717) is 0 Å². The number of benzene rings is 2. The lowest BCUT2D eigenvalue weighted by Crippen LogP contribution is -2.20. The number of amides is 1. The molecule has 1 heterocycles. The average molecular weight is 318 g/mol. The van der Waals surface area contributed by atoms with E-state index in [1.165, 1.54) is 5.56 Å². The van der Waals surface area contributed by atoms with Crippen LogP contribution in [0.1, 0.15) is 23.5 Å². The Morgan fingerprint density at radius 2 is 2.04 bits per heavy atom. The van der Waals surface area contributed by atoms with E-state index in [4.69, 9.17) is 4.74 Å². The molecule has 1 atom stereocenters. The van der Waals surface area contributed by atoms with Crippen LogP contribution in [0.5, 0.6) is 5.75 Å². The number of methoxy groups -OCH3 is 1. The van der Waals surface area contributed by atoms with Crippen LogP contribution in [0.25, 0.3) is 10.8 Å². The number of pyridine rings is 1. The summed E-state index contributed by atoms with van der Waals surface area (Å²) in [6.45, 7) is 0. The number of hydrogen-bond donors (Lipinski definition) is 1. The molecule has 0 saturated heterocycles. The van der Waals surface area contributed by atoms with Crippen molar-refractivity contribution in [1.29, 1.82) is 0 Å². The summed E-state index contributed by atoms with van der Waals surface area (Å²) >= 11 is 0. The third kappa shape index (κ3) is 2.40. The summed E-state index contributed by atoms with van der Waals surface area (Å²) in [6, 6.07) is 13.9. The molecule has 4 nitrogen and oxygen atoms in total. The second-order valence-corrected chi connectivity index (χ2v) is 6.02. The van der Waals surface area contributed by atoms with Gasteiger partial charge in [-0.05, 0) is 24.5 Å². The van der Waals surface area contributed by atoms with Crippen LogP contribution >= 0.6 is 0 Å². The highest BCUT2D eigenvalue weighted by atomic mass is 16.5. The molecule has 3 aromatic rings. The molecule has 0 bridgehead atoms. The minimum atomic E-state index is -0.185. The van der Waals surface area contributed by atoms with Gasteiger partial charge < -0.3 is 10.1 Å². The fourth-order valence-electron chi connectivity index (χ4n) is 3.52. The molecule has 1 amide bonds. The highest BCUT2D eigenvalue weighted by Crippen LogP contribution is 2.40. The molecule has 24 heavy (non-hydrogen) atoms. The molecule has 1 aliphatic rings. The lowest BCUT2D eigenvalue weighted by molar-refractivity contribution is -0.117. The number of hydrogen-bond acceptors (Lipinski definition) is 3. The number of carbonyl (C=O) groups is 1. The maximum Gasteiger partial charge on any atom is 0.232 e. The highest BCUT2D eigenvalue weighted by Gasteiger charge is 2.31. The van der Waals surface area contributed by atoms with Crippen LogP contribution < -0.4 is 10.1 Å². The van der Waals surface area contributed by atoms with E-state index in [9.17, 15) is 4.79 Å². The molecular weight excluding hydrogens is 300 g/mol. The number of aryl methyl sites for hydroxylation is 1. The fourth-order valence-corrected chi connectivity index (χ4v) is 3.52. The number of fused-ring (bicyclic) bond motifs is 2. The lowest BCUT2D eigenvalue weighted by atomic mass is 9.99. The first-order chi connectivity index (χ1) is 11.8. The van der Waals surface area contributed by atoms with Crippen molar-refractivity contribution < 1.29 is 9.53 Å². The van der Waals surface area contributed by atoms with Crippen molar-refractivity contribution in [3.8, 4) is 5.75 Å². The van der Waals surface area contributed by atoms with E-state index >= 15 is 0 Å². The van der Waals surface area contributed by atoms with E-state index in [-0.39, 0.29) is 11.8 Å². The first-order valence-electron chi connectivity index (χ1n) is 8.07. The molecule has 0 radical (unpaired) electrons. The molecule has 4 heteroatoms.